The fraction of sp³-hybridized carbons (Fsp3) is 1.00. The van der Waals surface area contributed by atoms with Crippen molar-refractivity contribution >= 4 is 0 Å². The van der Waals surface area contributed by atoms with Crippen molar-refractivity contribution in [2.24, 2.45) is 0 Å². The summed E-state index contributed by atoms with van der Waals surface area (Å²) in [5.74, 6) is 0. The van der Waals surface area contributed by atoms with E-state index in [9.17, 15) is 4.39 Å². The normalized spacial score (nSPS) is 39.2. The van der Waals surface area contributed by atoms with Crippen LogP contribution < -0.4 is 0 Å². The van der Waals surface area contributed by atoms with Crippen LogP contribution in [0.2, 0.25) is 0 Å². The molecule has 2 nitrogen and oxygen atoms in total. The van der Waals surface area contributed by atoms with Gasteiger partial charge in [-0.3, -0.25) is 4.90 Å². The summed E-state index contributed by atoms with van der Waals surface area (Å²) >= 11 is 0. The van der Waals surface area contributed by atoms with Crippen molar-refractivity contribution in [2.45, 2.75) is 44.5 Å². The Bertz CT molecular complexity index is 189. The van der Waals surface area contributed by atoms with E-state index in [-0.39, 0.29) is 11.6 Å². The first-order chi connectivity index (χ1) is 6.15. The maximum atomic E-state index is 13.6. The van der Waals surface area contributed by atoms with Gasteiger partial charge in [0.25, 0.3) is 0 Å². The second kappa shape index (κ2) is 3.21. The van der Waals surface area contributed by atoms with Gasteiger partial charge in [0.1, 0.15) is 6.17 Å². The van der Waals surface area contributed by atoms with Crippen molar-refractivity contribution in [2.75, 3.05) is 19.7 Å². The van der Waals surface area contributed by atoms with Gasteiger partial charge in [0.05, 0.1) is 18.2 Å². The van der Waals surface area contributed by atoms with Crippen LogP contribution >= 0.6 is 0 Å². The van der Waals surface area contributed by atoms with Crippen LogP contribution in [0.15, 0.2) is 0 Å². The fourth-order valence-corrected chi connectivity index (χ4v) is 2.35. The lowest BCUT2D eigenvalue weighted by atomic mass is 9.84. The summed E-state index contributed by atoms with van der Waals surface area (Å²) in [5.41, 5.74) is -0.232. The van der Waals surface area contributed by atoms with Crippen molar-refractivity contribution in [1.29, 1.82) is 0 Å². The first kappa shape index (κ1) is 9.41. The molecule has 2 aliphatic heterocycles. The lowest BCUT2D eigenvalue weighted by Crippen LogP contribution is -2.62. The SMILES string of the molecule is CC(C)OC[C@@]12CCN1CC[C@H]2F. The quantitative estimate of drug-likeness (QED) is 0.665. The van der Waals surface area contributed by atoms with E-state index in [1.54, 1.807) is 0 Å². The lowest BCUT2D eigenvalue weighted by molar-refractivity contribution is -0.0902. The van der Waals surface area contributed by atoms with Crippen molar-refractivity contribution in [3.63, 3.8) is 0 Å². The molecule has 0 aromatic rings. The van der Waals surface area contributed by atoms with Gasteiger partial charge in [0.2, 0.25) is 0 Å². The topological polar surface area (TPSA) is 12.5 Å². The van der Waals surface area contributed by atoms with Crippen LogP contribution in [0.1, 0.15) is 26.7 Å². The van der Waals surface area contributed by atoms with Crippen LogP contribution in [0.3, 0.4) is 0 Å². The minimum atomic E-state index is -0.667. The second-order valence-electron chi connectivity index (χ2n) is 4.46. The molecule has 0 aliphatic carbocycles. The van der Waals surface area contributed by atoms with Crippen molar-refractivity contribution in [3.8, 4) is 0 Å². The van der Waals surface area contributed by atoms with Crippen LogP contribution in [-0.4, -0.2) is 42.4 Å². The van der Waals surface area contributed by atoms with E-state index in [1.165, 1.54) is 0 Å². The standard InChI is InChI=1S/C10H18FNO/c1-8(2)13-7-10-4-6-12(10)5-3-9(10)11/h8-9H,3-7H2,1-2H3/t9-,10-/m1/s1. The minimum Gasteiger partial charge on any atom is -0.377 e. The highest BCUT2D eigenvalue weighted by atomic mass is 19.1. The largest absolute Gasteiger partial charge is 0.377 e. The van der Waals surface area contributed by atoms with E-state index in [4.69, 9.17) is 4.74 Å². The Kier molecular flexibility index (Phi) is 2.32. The monoisotopic (exact) mass is 187 g/mol. The Morgan fingerprint density at radius 3 is 2.77 bits per heavy atom. The Morgan fingerprint density at radius 2 is 2.31 bits per heavy atom. The third kappa shape index (κ3) is 1.38. The first-order valence-corrected chi connectivity index (χ1v) is 5.16. The lowest BCUT2D eigenvalue weighted by Gasteiger charge is -2.49. The van der Waals surface area contributed by atoms with Gasteiger partial charge in [-0.25, -0.2) is 4.39 Å². The molecule has 0 aromatic carbocycles. The molecule has 0 aromatic heterocycles. The molecular weight excluding hydrogens is 169 g/mol. The molecule has 2 atom stereocenters. The Balaban J connectivity index is 1.94. The summed E-state index contributed by atoms with van der Waals surface area (Å²) < 4.78 is 19.1. The van der Waals surface area contributed by atoms with Gasteiger partial charge in [0, 0.05) is 13.1 Å². The fourth-order valence-electron chi connectivity index (χ4n) is 2.35. The number of rotatable bonds is 3. The van der Waals surface area contributed by atoms with E-state index >= 15 is 0 Å². The summed E-state index contributed by atoms with van der Waals surface area (Å²) in [7, 11) is 0. The summed E-state index contributed by atoms with van der Waals surface area (Å²) in [6.45, 7) is 6.56. The molecule has 3 heteroatoms. The summed E-state index contributed by atoms with van der Waals surface area (Å²) in [6, 6.07) is 0. The molecule has 0 bridgehead atoms. The van der Waals surface area contributed by atoms with E-state index < -0.39 is 6.17 Å². The van der Waals surface area contributed by atoms with Gasteiger partial charge < -0.3 is 4.74 Å². The molecule has 0 amide bonds. The van der Waals surface area contributed by atoms with Gasteiger partial charge >= 0.3 is 0 Å². The van der Waals surface area contributed by atoms with Crippen LogP contribution in [0.25, 0.3) is 0 Å². The maximum absolute atomic E-state index is 13.6. The predicted octanol–water partition coefficient (Wildman–Crippen LogP) is 1.60. The zero-order valence-electron chi connectivity index (χ0n) is 8.42. The molecule has 13 heavy (non-hydrogen) atoms. The Labute approximate surface area is 79.1 Å². The average molecular weight is 187 g/mol. The average Bonchev–Trinajstić information content (AvgIpc) is 2.21. The predicted molar refractivity (Wildman–Crippen MR) is 49.5 cm³/mol. The van der Waals surface area contributed by atoms with Crippen LogP contribution in [0.5, 0.6) is 0 Å². The Hall–Kier alpha value is -0.150. The molecule has 2 aliphatic rings. The maximum Gasteiger partial charge on any atom is 0.122 e. The van der Waals surface area contributed by atoms with E-state index in [0.29, 0.717) is 13.0 Å². The van der Waals surface area contributed by atoms with Crippen LogP contribution in [-0.2, 0) is 4.74 Å². The second-order valence-corrected chi connectivity index (χ2v) is 4.46. The molecular formula is C10H18FNO. The van der Waals surface area contributed by atoms with Crippen molar-refractivity contribution in [1.82, 2.24) is 4.90 Å². The minimum absolute atomic E-state index is 0.213. The molecule has 2 fully saturated rings. The van der Waals surface area contributed by atoms with Gasteiger partial charge in [-0.2, -0.15) is 0 Å². The zero-order chi connectivity index (χ0) is 9.47. The number of hydrogen-bond acceptors (Lipinski definition) is 2. The van der Waals surface area contributed by atoms with E-state index in [1.807, 2.05) is 13.8 Å². The number of hydrogen-bond donors (Lipinski definition) is 0. The molecule has 0 N–H and O–H groups in total. The highest BCUT2D eigenvalue weighted by molar-refractivity contribution is 5.09. The van der Waals surface area contributed by atoms with Gasteiger partial charge in [-0.15, -0.1) is 0 Å². The molecule has 2 saturated heterocycles. The first-order valence-electron chi connectivity index (χ1n) is 5.16. The molecule has 2 heterocycles. The zero-order valence-corrected chi connectivity index (χ0v) is 8.42. The number of alkyl halides is 1. The summed E-state index contributed by atoms with van der Waals surface area (Å²) in [6.07, 6.45) is 1.21. The molecule has 0 saturated carbocycles. The van der Waals surface area contributed by atoms with E-state index in [2.05, 4.69) is 4.90 Å². The Morgan fingerprint density at radius 1 is 1.54 bits per heavy atom. The summed E-state index contributed by atoms with van der Waals surface area (Å²) in [5, 5.41) is 0. The molecule has 2 rings (SSSR count). The highest BCUT2D eigenvalue weighted by Crippen LogP contribution is 2.42. The van der Waals surface area contributed by atoms with Crippen molar-refractivity contribution < 1.29 is 9.13 Å². The number of halogens is 1. The van der Waals surface area contributed by atoms with Gasteiger partial charge in [0.15, 0.2) is 0 Å². The molecule has 0 unspecified atom stereocenters. The van der Waals surface area contributed by atoms with E-state index in [0.717, 1.165) is 19.5 Å². The molecule has 0 radical (unpaired) electrons. The van der Waals surface area contributed by atoms with Gasteiger partial charge in [-0.1, -0.05) is 0 Å². The highest BCUT2D eigenvalue weighted by Gasteiger charge is 2.55. The number of nitrogens with zero attached hydrogens (tertiary/aromatic N) is 1. The third-order valence-electron chi connectivity index (χ3n) is 3.35. The van der Waals surface area contributed by atoms with Crippen LogP contribution in [0.4, 0.5) is 4.39 Å². The third-order valence-corrected chi connectivity index (χ3v) is 3.35. The van der Waals surface area contributed by atoms with Gasteiger partial charge in [-0.05, 0) is 26.7 Å². The number of ether oxygens (including phenoxy) is 1. The number of fused-ring (bicyclic) bond motifs is 1. The smallest absolute Gasteiger partial charge is 0.122 e. The summed E-state index contributed by atoms with van der Waals surface area (Å²) in [4.78, 5) is 2.24. The van der Waals surface area contributed by atoms with Crippen LogP contribution in [0, 0.1) is 0 Å². The molecule has 0 spiro atoms. The molecule has 76 valence electrons. The van der Waals surface area contributed by atoms with Crippen molar-refractivity contribution in [3.05, 3.63) is 0 Å².